The average molecular weight is 419 g/mol. The Labute approximate surface area is 171 Å². The predicted molar refractivity (Wildman–Crippen MR) is 110 cm³/mol. The summed E-state index contributed by atoms with van der Waals surface area (Å²) in [7, 11) is -1.77. The minimum absolute atomic E-state index is 0.0212. The van der Waals surface area contributed by atoms with E-state index in [-0.39, 0.29) is 10.8 Å². The topological polar surface area (TPSA) is 91.8 Å². The van der Waals surface area contributed by atoms with E-state index >= 15 is 0 Å². The zero-order valence-electron chi connectivity index (χ0n) is 16.5. The first kappa shape index (κ1) is 21.2. The number of rotatable bonds is 8. The van der Waals surface area contributed by atoms with Gasteiger partial charge in [0, 0.05) is 45.8 Å². The predicted octanol–water partition coefficient (Wildman–Crippen LogP) is 1.56. The van der Waals surface area contributed by atoms with E-state index in [2.05, 4.69) is 10.3 Å². The Hall–Kier alpha value is -2.49. The molecule has 1 aromatic carbocycles. The molecule has 0 spiro atoms. The van der Waals surface area contributed by atoms with E-state index in [1.165, 1.54) is 16.6 Å². The van der Waals surface area contributed by atoms with Crippen LogP contribution in [0.3, 0.4) is 0 Å². The molecule has 1 N–H and O–H groups in total. The van der Waals surface area contributed by atoms with Gasteiger partial charge in [0.1, 0.15) is 10.7 Å². The number of hydrogen-bond donors (Lipinski definition) is 1. The van der Waals surface area contributed by atoms with E-state index in [4.69, 9.17) is 4.74 Å². The fourth-order valence-corrected chi connectivity index (χ4v) is 4.36. The third-order valence-electron chi connectivity index (χ3n) is 4.68. The maximum atomic E-state index is 12.6. The fraction of sp³-hybridized carbons (Fsp3) is 0.400. The summed E-state index contributed by atoms with van der Waals surface area (Å²) in [4.78, 5) is 18.3. The molecule has 29 heavy (non-hydrogen) atoms. The van der Waals surface area contributed by atoms with Crippen LogP contribution in [0.2, 0.25) is 0 Å². The quantitative estimate of drug-likeness (QED) is 0.700. The number of amides is 1. The zero-order valence-corrected chi connectivity index (χ0v) is 17.3. The molecule has 2 heterocycles. The molecule has 0 aliphatic carbocycles. The Morgan fingerprint density at radius 1 is 1.17 bits per heavy atom. The Kier molecular flexibility index (Phi) is 7.18. The normalized spacial score (nSPS) is 15.1. The fourth-order valence-electron chi connectivity index (χ4n) is 3.01. The lowest BCUT2D eigenvalue weighted by atomic mass is 10.2. The number of nitrogens with one attached hydrogen (secondary N) is 1. The highest BCUT2D eigenvalue weighted by Gasteiger charge is 2.26. The standard InChI is InChI=1S/C20H26N4O4S/c1-23(16-17-5-3-2-4-6-17)20(25)9-10-21-19-8-7-18(15-22-19)29(26,27)24-11-13-28-14-12-24/h2-8,15H,9-14,16H2,1H3,(H,21,22). The summed E-state index contributed by atoms with van der Waals surface area (Å²) in [5.74, 6) is 0.553. The molecule has 1 aliphatic heterocycles. The molecule has 1 amide bonds. The van der Waals surface area contributed by atoms with Gasteiger partial charge in [-0.2, -0.15) is 4.31 Å². The third kappa shape index (κ3) is 5.75. The Balaban J connectivity index is 1.48. The van der Waals surface area contributed by atoms with Crippen LogP contribution in [0, 0.1) is 0 Å². The molecule has 1 fully saturated rings. The first-order valence-corrected chi connectivity index (χ1v) is 11.0. The number of morpholine rings is 1. The van der Waals surface area contributed by atoms with Crippen molar-refractivity contribution in [3.05, 3.63) is 54.2 Å². The number of pyridine rings is 1. The SMILES string of the molecule is CN(Cc1ccccc1)C(=O)CCNc1ccc(S(=O)(=O)N2CCOCC2)cn1. The van der Waals surface area contributed by atoms with Crippen molar-refractivity contribution in [3.63, 3.8) is 0 Å². The van der Waals surface area contributed by atoms with Gasteiger partial charge in [-0.05, 0) is 17.7 Å². The number of aromatic nitrogens is 1. The maximum absolute atomic E-state index is 12.6. The van der Waals surface area contributed by atoms with Crippen LogP contribution in [0.15, 0.2) is 53.6 Å². The molecule has 3 rings (SSSR count). The number of carbonyl (C=O) groups excluding carboxylic acids is 1. The van der Waals surface area contributed by atoms with Gasteiger partial charge in [-0.3, -0.25) is 4.79 Å². The summed E-state index contributed by atoms with van der Waals surface area (Å²) in [5, 5.41) is 3.07. The Morgan fingerprint density at radius 2 is 1.90 bits per heavy atom. The Bertz CT molecular complexity index is 898. The molecule has 0 bridgehead atoms. The van der Waals surface area contributed by atoms with Crippen LogP contribution in [0.1, 0.15) is 12.0 Å². The maximum Gasteiger partial charge on any atom is 0.244 e. The lowest BCUT2D eigenvalue weighted by Gasteiger charge is -2.25. The molecule has 156 valence electrons. The molecule has 1 aliphatic rings. The summed E-state index contributed by atoms with van der Waals surface area (Å²) >= 11 is 0. The molecule has 2 aromatic rings. The van der Waals surface area contributed by atoms with Gasteiger partial charge < -0.3 is 15.0 Å². The second-order valence-corrected chi connectivity index (χ2v) is 8.75. The highest BCUT2D eigenvalue weighted by Crippen LogP contribution is 2.17. The van der Waals surface area contributed by atoms with Crippen LogP contribution in [-0.4, -0.2) is 68.4 Å². The lowest BCUT2D eigenvalue weighted by Crippen LogP contribution is -2.40. The van der Waals surface area contributed by atoms with E-state index in [9.17, 15) is 13.2 Å². The summed E-state index contributed by atoms with van der Waals surface area (Å²) < 4.78 is 31.8. The summed E-state index contributed by atoms with van der Waals surface area (Å²) in [6, 6.07) is 13.0. The summed E-state index contributed by atoms with van der Waals surface area (Å²) in [5.41, 5.74) is 1.08. The molecular weight excluding hydrogens is 392 g/mol. The van der Waals surface area contributed by atoms with Crippen LogP contribution < -0.4 is 5.32 Å². The van der Waals surface area contributed by atoms with Crippen molar-refractivity contribution >= 4 is 21.7 Å². The number of carbonyl (C=O) groups is 1. The second-order valence-electron chi connectivity index (χ2n) is 6.81. The zero-order chi connectivity index (χ0) is 20.7. The van der Waals surface area contributed by atoms with Crippen molar-refractivity contribution < 1.29 is 17.9 Å². The van der Waals surface area contributed by atoms with Crippen molar-refractivity contribution in [2.24, 2.45) is 0 Å². The van der Waals surface area contributed by atoms with Crippen molar-refractivity contribution in [1.82, 2.24) is 14.2 Å². The summed E-state index contributed by atoms with van der Waals surface area (Å²) in [6.45, 7) is 2.48. The van der Waals surface area contributed by atoms with Crippen LogP contribution in [0.5, 0.6) is 0 Å². The highest BCUT2D eigenvalue weighted by molar-refractivity contribution is 7.89. The minimum Gasteiger partial charge on any atom is -0.379 e. The van der Waals surface area contributed by atoms with Crippen LogP contribution in [-0.2, 0) is 26.1 Å². The third-order valence-corrected chi connectivity index (χ3v) is 6.56. The van der Waals surface area contributed by atoms with Crippen molar-refractivity contribution in [2.75, 3.05) is 45.2 Å². The Morgan fingerprint density at radius 3 is 2.55 bits per heavy atom. The van der Waals surface area contributed by atoms with Gasteiger partial charge in [-0.1, -0.05) is 30.3 Å². The number of benzene rings is 1. The molecule has 0 unspecified atom stereocenters. The van der Waals surface area contributed by atoms with E-state index < -0.39 is 10.0 Å². The van der Waals surface area contributed by atoms with Gasteiger partial charge in [0.25, 0.3) is 0 Å². The lowest BCUT2D eigenvalue weighted by molar-refractivity contribution is -0.130. The van der Waals surface area contributed by atoms with Gasteiger partial charge in [-0.15, -0.1) is 0 Å². The summed E-state index contributed by atoms with van der Waals surface area (Å²) in [6.07, 6.45) is 1.66. The highest BCUT2D eigenvalue weighted by atomic mass is 32.2. The van der Waals surface area contributed by atoms with Crippen LogP contribution in [0.25, 0.3) is 0 Å². The van der Waals surface area contributed by atoms with Gasteiger partial charge in [0.05, 0.1) is 13.2 Å². The van der Waals surface area contributed by atoms with Gasteiger partial charge >= 0.3 is 0 Å². The van der Waals surface area contributed by atoms with Gasteiger partial charge in [0.2, 0.25) is 15.9 Å². The first-order valence-electron chi connectivity index (χ1n) is 9.52. The van der Waals surface area contributed by atoms with Gasteiger partial charge in [-0.25, -0.2) is 13.4 Å². The number of sulfonamides is 1. The van der Waals surface area contributed by atoms with Gasteiger partial charge in [0.15, 0.2) is 0 Å². The first-order chi connectivity index (χ1) is 14.0. The molecule has 0 radical (unpaired) electrons. The monoisotopic (exact) mass is 418 g/mol. The van der Waals surface area contributed by atoms with E-state index in [1.54, 1.807) is 18.0 Å². The smallest absolute Gasteiger partial charge is 0.244 e. The van der Waals surface area contributed by atoms with E-state index in [1.807, 2.05) is 30.3 Å². The number of nitrogens with zero attached hydrogens (tertiary/aromatic N) is 3. The average Bonchev–Trinajstić information content (AvgIpc) is 2.75. The van der Waals surface area contributed by atoms with Crippen molar-refractivity contribution in [1.29, 1.82) is 0 Å². The molecule has 1 saturated heterocycles. The van der Waals surface area contributed by atoms with E-state index in [0.717, 1.165) is 5.56 Å². The molecule has 0 saturated carbocycles. The largest absolute Gasteiger partial charge is 0.379 e. The molecule has 8 nitrogen and oxygen atoms in total. The minimum atomic E-state index is -3.55. The molecule has 1 aromatic heterocycles. The van der Waals surface area contributed by atoms with Crippen LogP contribution >= 0.6 is 0 Å². The molecule has 0 atom stereocenters. The van der Waals surface area contributed by atoms with Crippen molar-refractivity contribution in [2.45, 2.75) is 17.9 Å². The number of ether oxygens (including phenoxy) is 1. The molecular formula is C20H26N4O4S. The van der Waals surface area contributed by atoms with Crippen molar-refractivity contribution in [3.8, 4) is 0 Å². The number of anilines is 1. The number of hydrogen-bond acceptors (Lipinski definition) is 6. The van der Waals surface area contributed by atoms with E-state index in [0.29, 0.717) is 51.6 Å². The second kappa shape index (κ2) is 9.82. The molecule has 9 heteroatoms. The van der Waals surface area contributed by atoms with Crippen LogP contribution in [0.4, 0.5) is 5.82 Å².